The lowest BCUT2D eigenvalue weighted by Gasteiger charge is -2.10. The van der Waals surface area contributed by atoms with Gasteiger partial charge in [0.05, 0.1) is 17.2 Å². The van der Waals surface area contributed by atoms with E-state index < -0.39 is 12.8 Å². The number of aromatic nitrogens is 1. The number of ether oxygens (including phenoxy) is 1. The van der Waals surface area contributed by atoms with Crippen molar-refractivity contribution in [1.82, 2.24) is 4.98 Å². The second-order valence-electron chi connectivity index (χ2n) is 4.52. The molecule has 3 nitrogen and oxygen atoms in total. The molecular weight excluding hydrogens is 301 g/mol. The van der Waals surface area contributed by atoms with Crippen molar-refractivity contribution in [2.24, 2.45) is 0 Å². The Morgan fingerprint density at radius 3 is 2.38 bits per heavy atom. The van der Waals surface area contributed by atoms with E-state index in [-0.39, 0.29) is 5.75 Å². The topological polar surface area (TPSA) is 34.2 Å². The van der Waals surface area contributed by atoms with Crippen molar-refractivity contribution in [3.05, 3.63) is 39.8 Å². The van der Waals surface area contributed by atoms with Crippen molar-refractivity contribution < 1.29 is 17.9 Å². The van der Waals surface area contributed by atoms with Crippen LogP contribution < -0.4 is 10.1 Å². The fourth-order valence-corrected chi connectivity index (χ4v) is 2.63. The number of nitrogens with one attached hydrogen (secondary N) is 1. The maximum absolute atomic E-state index is 12.0. The highest BCUT2D eigenvalue weighted by molar-refractivity contribution is 7.11. The zero-order chi connectivity index (χ0) is 15.5. The van der Waals surface area contributed by atoms with Crippen LogP contribution in [0.25, 0.3) is 0 Å². The van der Waals surface area contributed by atoms with Gasteiger partial charge >= 0.3 is 6.18 Å². The van der Waals surface area contributed by atoms with Gasteiger partial charge in [0.1, 0.15) is 5.75 Å². The molecule has 0 atom stereocenters. The van der Waals surface area contributed by atoms with Crippen LogP contribution >= 0.6 is 11.3 Å². The van der Waals surface area contributed by atoms with E-state index in [0.717, 1.165) is 21.3 Å². The van der Waals surface area contributed by atoms with E-state index in [1.54, 1.807) is 23.5 Å². The molecule has 0 bridgehead atoms. The van der Waals surface area contributed by atoms with Crippen LogP contribution in [0, 0.1) is 13.8 Å². The molecule has 0 amide bonds. The van der Waals surface area contributed by atoms with Crippen LogP contribution in [0.5, 0.6) is 5.75 Å². The molecule has 21 heavy (non-hydrogen) atoms. The van der Waals surface area contributed by atoms with Crippen LogP contribution in [0.15, 0.2) is 24.3 Å². The van der Waals surface area contributed by atoms with Crippen LogP contribution in [0.3, 0.4) is 0 Å². The average Bonchev–Trinajstić information content (AvgIpc) is 2.73. The van der Waals surface area contributed by atoms with Gasteiger partial charge in [-0.25, -0.2) is 4.98 Å². The molecule has 7 heteroatoms. The molecular formula is C14H15F3N2OS. The Kier molecular flexibility index (Phi) is 4.72. The standard InChI is InChI=1S/C14H15F3N2OS/c1-9-13(21-10(2)19-9)7-18-11-3-5-12(6-4-11)20-8-14(15,16)17/h3-6,18H,7-8H2,1-2H3. The number of aryl methyl sites for hydroxylation is 2. The van der Waals surface area contributed by atoms with Gasteiger partial charge in [-0.05, 0) is 38.1 Å². The maximum atomic E-state index is 12.0. The van der Waals surface area contributed by atoms with Crippen molar-refractivity contribution in [1.29, 1.82) is 0 Å². The molecule has 0 spiro atoms. The van der Waals surface area contributed by atoms with E-state index in [1.165, 1.54) is 12.1 Å². The van der Waals surface area contributed by atoms with Crippen LogP contribution in [0.4, 0.5) is 18.9 Å². The Balaban J connectivity index is 1.89. The molecule has 1 aromatic carbocycles. The third-order valence-electron chi connectivity index (χ3n) is 2.71. The number of benzene rings is 1. The summed E-state index contributed by atoms with van der Waals surface area (Å²) in [7, 11) is 0. The molecule has 1 N–H and O–H groups in total. The summed E-state index contributed by atoms with van der Waals surface area (Å²) in [5, 5.41) is 4.22. The summed E-state index contributed by atoms with van der Waals surface area (Å²) in [6.07, 6.45) is -4.32. The van der Waals surface area contributed by atoms with E-state index in [1.807, 2.05) is 13.8 Å². The Morgan fingerprint density at radius 2 is 1.86 bits per heavy atom. The van der Waals surface area contributed by atoms with Crippen LogP contribution in [-0.4, -0.2) is 17.8 Å². The quantitative estimate of drug-likeness (QED) is 0.892. The van der Waals surface area contributed by atoms with Gasteiger partial charge in [-0.15, -0.1) is 11.3 Å². The van der Waals surface area contributed by atoms with Gasteiger partial charge in [0.25, 0.3) is 0 Å². The first kappa shape index (κ1) is 15.6. The Morgan fingerprint density at radius 1 is 1.19 bits per heavy atom. The molecule has 0 aliphatic rings. The van der Waals surface area contributed by atoms with E-state index in [4.69, 9.17) is 0 Å². The van der Waals surface area contributed by atoms with E-state index in [9.17, 15) is 13.2 Å². The normalized spacial score (nSPS) is 11.5. The van der Waals surface area contributed by atoms with Crippen molar-refractivity contribution in [3.8, 4) is 5.75 Å². The minimum Gasteiger partial charge on any atom is -0.484 e. The van der Waals surface area contributed by atoms with Crippen LogP contribution in [0.1, 0.15) is 15.6 Å². The summed E-state index contributed by atoms with van der Waals surface area (Å²) < 4.78 is 40.7. The van der Waals surface area contributed by atoms with Gasteiger partial charge in [0.2, 0.25) is 0 Å². The number of rotatable bonds is 5. The van der Waals surface area contributed by atoms with Crippen molar-refractivity contribution in [2.45, 2.75) is 26.6 Å². The lowest BCUT2D eigenvalue weighted by molar-refractivity contribution is -0.153. The van der Waals surface area contributed by atoms with E-state index >= 15 is 0 Å². The first-order chi connectivity index (χ1) is 9.83. The molecule has 0 radical (unpaired) electrons. The first-order valence-corrected chi connectivity index (χ1v) is 7.11. The largest absolute Gasteiger partial charge is 0.484 e. The molecule has 114 valence electrons. The highest BCUT2D eigenvalue weighted by Crippen LogP contribution is 2.22. The van der Waals surface area contributed by atoms with Gasteiger partial charge in [-0.1, -0.05) is 0 Å². The number of alkyl halides is 3. The first-order valence-electron chi connectivity index (χ1n) is 6.30. The van der Waals surface area contributed by atoms with Crippen molar-refractivity contribution in [2.75, 3.05) is 11.9 Å². The monoisotopic (exact) mass is 316 g/mol. The minimum absolute atomic E-state index is 0.197. The van der Waals surface area contributed by atoms with Crippen molar-refractivity contribution in [3.63, 3.8) is 0 Å². The van der Waals surface area contributed by atoms with Crippen molar-refractivity contribution >= 4 is 17.0 Å². The average molecular weight is 316 g/mol. The Labute approximate surface area is 124 Å². The molecule has 0 saturated heterocycles. The van der Waals surface area contributed by atoms with E-state index in [0.29, 0.717) is 6.54 Å². The second-order valence-corrected chi connectivity index (χ2v) is 5.81. The molecule has 1 heterocycles. The summed E-state index contributed by atoms with van der Waals surface area (Å²) in [5.74, 6) is 0.197. The summed E-state index contributed by atoms with van der Waals surface area (Å²) in [6.45, 7) is 3.27. The molecule has 0 aliphatic carbocycles. The Bertz CT molecular complexity index is 593. The molecule has 0 aliphatic heterocycles. The predicted octanol–water partition coefficient (Wildman–Crippen LogP) is 4.31. The third-order valence-corrected chi connectivity index (χ3v) is 3.78. The number of anilines is 1. The number of thiazole rings is 1. The predicted molar refractivity (Wildman–Crippen MR) is 76.9 cm³/mol. The fraction of sp³-hybridized carbons (Fsp3) is 0.357. The molecule has 1 aromatic heterocycles. The minimum atomic E-state index is -4.32. The smallest absolute Gasteiger partial charge is 0.422 e. The van der Waals surface area contributed by atoms with E-state index in [2.05, 4.69) is 15.0 Å². The summed E-state index contributed by atoms with van der Waals surface area (Å²) in [5.41, 5.74) is 1.81. The van der Waals surface area contributed by atoms with Crippen LogP contribution in [-0.2, 0) is 6.54 Å². The molecule has 2 rings (SSSR count). The highest BCUT2D eigenvalue weighted by Gasteiger charge is 2.28. The number of nitrogens with zero attached hydrogens (tertiary/aromatic N) is 1. The van der Waals surface area contributed by atoms with Crippen LogP contribution in [0.2, 0.25) is 0 Å². The van der Waals surface area contributed by atoms with Gasteiger partial charge < -0.3 is 10.1 Å². The lowest BCUT2D eigenvalue weighted by Crippen LogP contribution is -2.19. The maximum Gasteiger partial charge on any atom is 0.422 e. The second kappa shape index (κ2) is 6.34. The zero-order valence-electron chi connectivity index (χ0n) is 11.6. The molecule has 0 unspecified atom stereocenters. The van der Waals surface area contributed by atoms with Gasteiger partial charge in [0.15, 0.2) is 6.61 Å². The Hall–Kier alpha value is -1.76. The SMILES string of the molecule is Cc1nc(C)c(CNc2ccc(OCC(F)(F)F)cc2)s1. The van der Waals surface area contributed by atoms with Gasteiger partial charge in [0, 0.05) is 10.6 Å². The lowest BCUT2D eigenvalue weighted by atomic mass is 10.3. The summed E-state index contributed by atoms with van der Waals surface area (Å²) >= 11 is 1.62. The van der Waals surface area contributed by atoms with Gasteiger partial charge in [-0.2, -0.15) is 13.2 Å². The number of hydrogen-bond donors (Lipinski definition) is 1. The number of hydrogen-bond acceptors (Lipinski definition) is 4. The molecule has 0 saturated carbocycles. The zero-order valence-corrected chi connectivity index (χ0v) is 12.4. The number of halogens is 3. The van der Waals surface area contributed by atoms with Gasteiger partial charge in [-0.3, -0.25) is 0 Å². The third kappa shape index (κ3) is 4.93. The fourth-order valence-electron chi connectivity index (χ4n) is 1.75. The molecule has 2 aromatic rings. The molecule has 0 fully saturated rings. The summed E-state index contributed by atoms with van der Waals surface area (Å²) in [6, 6.07) is 6.40. The highest BCUT2D eigenvalue weighted by atomic mass is 32.1. The summed E-state index contributed by atoms with van der Waals surface area (Å²) in [4.78, 5) is 5.48.